The van der Waals surface area contributed by atoms with Gasteiger partial charge in [0.15, 0.2) is 0 Å². The first-order valence-corrected chi connectivity index (χ1v) is 10.3. The Hall–Kier alpha value is -2.34. The molecule has 0 saturated carbocycles. The van der Waals surface area contributed by atoms with Gasteiger partial charge in [-0.2, -0.15) is 10.1 Å². The number of halogens is 1. The van der Waals surface area contributed by atoms with Gasteiger partial charge in [0.25, 0.3) is 0 Å². The van der Waals surface area contributed by atoms with Crippen LogP contribution in [0.3, 0.4) is 0 Å². The minimum Gasteiger partial charge on any atom is -0.462 e. The van der Waals surface area contributed by atoms with Crippen LogP contribution in [0.25, 0.3) is 0 Å². The fourth-order valence-electron chi connectivity index (χ4n) is 3.47. The van der Waals surface area contributed by atoms with Crippen LogP contribution in [-0.4, -0.2) is 27.3 Å². The van der Waals surface area contributed by atoms with Gasteiger partial charge in [-0.3, -0.25) is 0 Å². The van der Waals surface area contributed by atoms with Gasteiger partial charge in [-0.05, 0) is 31.0 Å². The third kappa shape index (κ3) is 4.73. The Morgan fingerprint density at radius 2 is 2.04 bits per heavy atom. The van der Waals surface area contributed by atoms with Crippen molar-refractivity contribution in [3.8, 4) is 0 Å². The molecule has 1 aliphatic rings. The third-order valence-corrected chi connectivity index (χ3v) is 5.14. The van der Waals surface area contributed by atoms with Crippen LogP contribution in [0.2, 0.25) is 5.02 Å². The van der Waals surface area contributed by atoms with Crippen LogP contribution in [0.15, 0.2) is 41.9 Å². The number of esters is 1. The zero-order chi connectivity index (χ0) is 19.9. The summed E-state index contributed by atoms with van der Waals surface area (Å²) in [6.45, 7) is 4.48. The van der Waals surface area contributed by atoms with Crippen LogP contribution in [-0.2, 0) is 9.53 Å². The molecule has 3 rings (SSSR count). The molecule has 0 bridgehead atoms. The maximum absolute atomic E-state index is 12.9. The van der Waals surface area contributed by atoms with Crippen LogP contribution < -0.4 is 5.32 Å². The van der Waals surface area contributed by atoms with E-state index in [1.165, 1.54) is 32.0 Å². The molecule has 150 valence electrons. The number of anilines is 1. The summed E-state index contributed by atoms with van der Waals surface area (Å²) >= 11 is 6.19. The number of hydrogen-bond donors (Lipinski definition) is 1. The first-order chi connectivity index (χ1) is 13.6. The van der Waals surface area contributed by atoms with Crippen LogP contribution in [0.4, 0.5) is 5.95 Å². The van der Waals surface area contributed by atoms with Crippen molar-refractivity contribution in [2.24, 2.45) is 0 Å². The van der Waals surface area contributed by atoms with Gasteiger partial charge in [0, 0.05) is 10.7 Å². The van der Waals surface area contributed by atoms with Crippen molar-refractivity contribution in [3.63, 3.8) is 0 Å². The van der Waals surface area contributed by atoms with Crippen LogP contribution in [0, 0.1) is 0 Å². The summed E-state index contributed by atoms with van der Waals surface area (Å²) in [5.41, 5.74) is 2.12. The minimum atomic E-state index is -0.422. The SMILES string of the molecule is CCCCCCCCOC(=O)C1=C(C)Nc2ncnn2C1c1cccc(Cl)c1. The maximum atomic E-state index is 12.9. The predicted molar refractivity (Wildman–Crippen MR) is 110 cm³/mol. The summed E-state index contributed by atoms with van der Waals surface area (Å²) in [6, 6.07) is 7.03. The fraction of sp³-hybridized carbons (Fsp3) is 0.476. The molecule has 2 aromatic rings. The molecule has 0 radical (unpaired) electrons. The molecule has 1 atom stereocenters. The highest BCUT2D eigenvalue weighted by molar-refractivity contribution is 6.30. The Morgan fingerprint density at radius 3 is 2.82 bits per heavy atom. The minimum absolute atomic E-state index is 0.329. The van der Waals surface area contributed by atoms with E-state index >= 15 is 0 Å². The number of benzene rings is 1. The van der Waals surface area contributed by atoms with E-state index in [2.05, 4.69) is 22.3 Å². The van der Waals surface area contributed by atoms with E-state index in [1.54, 1.807) is 4.68 Å². The molecule has 7 heteroatoms. The summed E-state index contributed by atoms with van der Waals surface area (Å²) in [4.78, 5) is 17.2. The molecular formula is C21H27ClN4O2. The molecule has 1 unspecified atom stereocenters. The van der Waals surface area contributed by atoms with Gasteiger partial charge in [-0.15, -0.1) is 0 Å². The molecule has 1 aromatic carbocycles. The van der Waals surface area contributed by atoms with Gasteiger partial charge >= 0.3 is 5.97 Å². The number of ether oxygens (including phenoxy) is 1. The average molecular weight is 403 g/mol. The van der Waals surface area contributed by atoms with E-state index in [0.717, 1.165) is 24.1 Å². The smallest absolute Gasteiger partial charge is 0.338 e. The molecule has 28 heavy (non-hydrogen) atoms. The lowest BCUT2D eigenvalue weighted by molar-refractivity contribution is -0.139. The first-order valence-electron chi connectivity index (χ1n) is 9.91. The van der Waals surface area contributed by atoms with Crippen molar-refractivity contribution >= 4 is 23.5 Å². The second-order valence-corrected chi connectivity index (χ2v) is 7.49. The van der Waals surface area contributed by atoms with E-state index in [1.807, 2.05) is 31.2 Å². The second-order valence-electron chi connectivity index (χ2n) is 7.05. The van der Waals surface area contributed by atoms with Gasteiger partial charge in [0.05, 0.1) is 12.2 Å². The number of rotatable bonds is 9. The second kappa shape index (κ2) is 9.73. The summed E-state index contributed by atoms with van der Waals surface area (Å²) in [6.07, 6.45) is 8.34. The van der Waals surface area contributed by atoms with E-state index in [9.17, 15) is 4.79 Å². The van der Waals surface area contributed by atoms with Gasteiger partial charge in [-0.25, -0.2) is 9.48 Å². The van der Waals surface area contributed by atoms with Crippen molar-refractivity contribution in [2.75, 3.05) is 11.9 Å². The Labute approximate surface area is 170 Å². The summed E-state index contributed by atoms with van der Waals surface area (Å²) in [7, 11) is 0. The zero-order valence-electron chi connectivity index (χ0n) is 16.4. The van der Waals surface area contributed by atoms with Gasteiger partial charge in [0.2, 0.25) is 5.95 Å². The molecule has 1 N–H and O–H groups in total. The predicted octanol–water partition coefficient (Wildman–Crippen LogP) is 5.12. The van der Waals surface area contributed by atoms with E-state index in [4.69, 9.17) is 16.3 Å². The molecule has 1 aliphatic heterocycles. The quantitative estimate of drug-likeness (QED) is 0.465. The highest BCUT2D eigenvalue weighted by atomic mass is 35.5. The standard InChI is InChI=1S/C21H27ClN4O2/c1-3-4-5-6-7-8-12-28-20(27)18-15(2)25-21-23-14-24-26(21)19(18)16-10-9-11-17(22)13-16/h9-11,13-14,19H,3-8,12H2,1-2H3,(H,23,24,25). The summed E-state index contributed by atoms with van der Waals surface area (Å²) < 4.78 is 7.30. The van der Waals surface area contributed by atoms with Crippen LogP contribution in [0.5, 0.6) is 0 Å². The monoisotopic (exact) mass is 402 g/mol. The number of carbonyl (C=O) groups excluding carboxylic acids is 1. The van der Waals surface area contributed by atoms with E-state index in [0.29, 0.717) is 23.2 Å². The Morgan fingerprint density at radius 1 is 1.25 bits per heavy atom. The topological polar surface area (TPSA) is 69.0 Å². The number of carbonyl (C=O) groups is 1. The van der Waals surface area contributed by atoms with Crippen molar-refractivity contribution in [3.05, 3.63) is 52.4 Å². The molecule has 0 amide bonds. The van der Waals surface area contributed by atoms with Crippen molar-refractivity contribution in [1.29, 1.82) is 0 Å². The number of aromatic nitrogens is 3. The van der Waals surface area contributed by atoms with Crippen LogP contribution in [0.1, 0.15) is 64.0 Å². The normalized spacial score (nSPS) is 15.9. The molecule has 0 saturated heterocycles. The Bertz CT molecular complexity index is 846. The Kier molecular flexibility index (Phi) is 7.09. The van der Waals surface area contributed by atoms with Gasteiger partial charge in [-0.1, -0.05) is 62.8 Å². The number of unbranched alkanes of at least 4 members (excludes halogenated alkanes) is 5. The number of nitrogens with one attached hydrogen (secondary N) is 1. The highest BCUT2D eigenvalue weighted by Crippen LogP contribution is 2.35. The third-order valence-electron chi connectivity index (χ3n) is 4.91. The lowest BCUT2D eigenvalue weighted by atomic mass is 9.96. The number of hydrogen-bond acceptors (Lipinski definition) is 5. The van der Waals surface area contributed by atoms with Gasteiger partial charge < -0.3 is 10.1 Å². The van der Waals surface area contributed by atoms with E-state index < -0.39 is 6.04 Å². The first kappa shape index (κ1) is 20.4. The summed E-state index contributed by atoms with van der Waals surface area (Å²) in [5.74, 6) is 0.264. The van der Waals surface area contributed by atoms with E-state index in [-0.39, 0.29) is 5.97 Å². The Balaban J connectivity index is 1.73. The number of allylic oxidation sites excluding steroid dienone is 1. The molecular weight excluding hydrogens is 376 g/mol. The molecule has 2 heterocycles. The molecule has 1 aromatic heterocycles. The molecule has 0 aliphatic carbocycles. The largest absolute Gasteiger partial charge is 0.462 e. The average Bonchev–Trinajstić information content (AvgIpc) is 3.14. The molecule has 0 spiro atoms. The number of fused-ring (bicyclic) bond motifs is 1. The lowest BCUT2D eigenvalue weighted by Gasteiger charge is -2.28. The lowest BCUT2D eigenvalue weighted by Crippen LogP contribution is -2.29. The maximum Gasteiger partial charge on any atom is 0.338 e. The fourth-order valence-corrected chi connectivity index (χ4v) is 3.66. The highest BCUT2D eigenvalue weighted by Gasteiger charge is 2.34. The van der Waals surface area contributed by atoms with Crippen LogP contribution >= 0.6 is 11.6 Å². The molecule has 6 nitrogen and oxygen atoms in total. The van der Waals surface area contributed by atoms with Crippen molar-refractivity contribution < 1.29 is 9.53 Å². The zero-order valence-corrected chi connectivity index (χ0v) is 17.2. The van der Waals surface area contributed by atoms with Gasteiger partial charge in [0.1, 0.15) is 12.4 Å². The summed E-state index contributed by atoms with van der Waals surface area (Å²) in [5, 5.41) is 8.06. The molecule has 0 fully saturated rings. The number of nitrogens with zero attached hydrogens (tertiary/aromatic N) is 3. The van der Waals surface area contributed by atoms with Crippen molar-refractivity contribution in [2.45, 2.75) is 58.4 Å². The van der Waals surface area contributed by atoms with Crippen molar-refractivity contribution in [1.82, 2.24) is 14.8 Å².